The first-order chi connectivity index (χ1) is 16.8. The van der Waals surface area contributed by atoms with Crippen LogP contribution in [-0.2, 0) is 0 Å². The maximum absolute atomic E-state index is 12.3. The number of hydrogen-bond donors (Lipinski definition) is 2. The molecule has 1 aliphatic rings. The first kappa shape index (κ1) is 24.1. The lowest BCUT2D eigenvalue weighted by atomic mass is 10.0. The molecule has 0 atom stereocenters. The predicted molar refractivity (Wildman–Crippen MR) is 124 cm³/mol. The number of nitrogens with zero attached hydrogens (tertiary/aromatic N) is 3. The highest BCUT2D eigenvalue weighted by Crippen LogP contribution is 2.32. The summed E-state index contributed by atoms with van der Waals surface area (Å²) >= 11 is 0. The minimum Gasteiger partial charge on any atom is -0.457 e. The lowest BCUT2D eigenvalue weighted by Gasteiger charge is -2.34. The monoisotopic (exact) mass is 487 g/mol. The number of hydrogen-bond acceptors (Lipinski definition) is 6. The Morgan fingerprint density at radius 1 is 1.06 bits per heavy atom. The first-order valence-electron chi connectivity index (χ1n) is 11.0. The summed E-state index contributed by atoms with van der Waals surface area (Å²) in [5.74, 6) is 1.37. The number of benzene rings is 1. The molecule has 2 N–H and O–H groups in total. The average molecular weight is 487 g/mol. The summed E-state index contributed by atoms with van der Waals surface area (Å²) in [4.78, 5) is 22.8. The molecular formula is C24H24F3N5O3. The summed E-state index contributed by atoms with van der Waals surface area (Å²) < 4.78 is 46.8. The van der Waals surface area contributed by atoms with Gasteiger partial charge in [0, 0.05) is 37.1 Å². The van der Waals surface area contributed by atoms with Crippen LogP contribution in [0.5, 0.6) is 17.2 Å². The van der Waals surface area contributed by atoms with Crippen molar-refractivity contribution < 1.29 is 27.4 Å². The van der Waals surface area contributed by atoms with Crippen LogP contribution in [0.3, 0.4) is 0 Å². The maximum Gasteiger partial charge on any atom is 0.573 e. The third kappa shape index (κ3) is 6.75. The third-order valence-electron chi connectivity index (χ3n) is 5.46. The second-order valence-corrected chi connectivity index (χ2v) is 7.98. The fraction of sp³-hybridized carbons (Fsp3) is 0.292. The number of halogens is 3. The summed E-state index contributed by atoms with van der Waals surface area (Å²) in [5, 5.41) is 5.75. The number of rotatable bonds is 6. The topological polar surface area (TPSA) is 88.6 Å². The predicted octanol–water partition coefficient (Wildman–Crippen LogP) is 5.27. The Labute approximate surface area is 200 Å². The first-order valence-corrected chi connectivity index (χ1v) is 11.0. The number of aromatic nitrogens is 2. The molecule has 1 aromatic carbocycles. The number of nitrogens with one attached hydrogen (secondary N) is 2. The van der Waals surface area contributed by atoms with Gasteiger partial charge in [0.25, 0.3) is 0 Å². The summed E-state index contributed by atoms with van der Waals surface area (Å²) in [6.07, 6.45) is 1.59. The van der Waals surface area contributed by atoms with Crippen LogP contribution >= 0.6 is 0 Å². The normalized spacial score (nSPS) is 14.3. The van der Waals surface area contributed by atoms with Crippen molar-refractivity contribution in [1.82, 2.24) is 15.3 Å². The van der Waals surface area contributed by atoms with Crippen molar-refractivity contribution in [3.8, 4) is 17.2 Å². The summed E-state index contributed by atoms with van der Waals surface area (Å²) in [6.45, 7) is 3.27. The molecule has 0 unspecified atom stereocenters. The van der Waals surface area contributed by atoms with Crippen LogP contribution in [0.2, 0.25) is 0 Å². The number of carbonyl (C=O) groups excluding carboxylic acids is 1. The molecular weight excluding hydrogens is 463 g/mol. The van der Waals surface area contributed by atoms with E-state index >= 15 is 0 Å². The van der Waals surface area contributed by atoms with Crippen molar-refractivity contribution in [3.63, 3.8) is 0 Å². The lowest BCUT2D eigenvalue weighted by molar-refractivity contribution is -0.274. The number of piperidine rings is 1. The van der Waals surface area contributed by atoms with E-state index in [0.29, 0.717) is 30.3 Å². The van der Waals surface area contributed by atoms with Crippen molar-refractivity contribution in [3.05, 3.63) is 66.6 Å². The Morgan fingerprint density at radius 3 is 2.43 bits per heavy atom. The number of carbonyl (C=O) groups is 1. The van der Waals surface area contributed by atoms with Crippen molar-refractivity contribution in [2.45, 2.75) is 32.2 Å². The Morgan fingerprint density at radius 2 is 1.77 bits per heavy atom. The van der Waals surface area contributed by atoms with Crippen molar-refractivity contribution in [1.29, 1.82) is 0 Å². The highest BCUT2D eigenvalue weighted by molar-refractivity contribution is 5.89. The molecule has 0 spiro atoms. The molecule has 0 bridgehead atoms. The summed E-state index contributed by atoms with van der Waals surface area (Å²) in [7, 11) is 0. The number of alkyl halides is 3. The number of pyridine rings is 2. The molecule has 3 aromatic rings. The molecule has 1 saturated heterocycles. The highest BCUT2D eigenvalue weighted by atomic mass is 19.4. The molecule has 0 aliphatic carbocycles. The zero-order chi connectivity index (χ0) is 24.8. The third-order valence-corrected chi connectivity index (χ3v) is 5.46. The van der Waals surface area contributed by atoms with Gasteiger partial charge in [0.05, 0.1) is 11.9 Å². The van der Waals surface area contributed by atoms with E-state index in [1.54, 1.807) is 36.8 Å². The zero-order valence-corrected chi connectivity index (χ0v) is 18.9. The van der Waals surface area contributed by atoms with E-state index in [-0.39, 0.29) is 17.8 Å². The second kappa shape index (κ2) is 10.5. The van der Waals surface area contributed by atoms with Gasteiger partial charge < -0.3 is 25.0 Å². The molecule has 4 rings (SSSR count). The van der Waals surface area contributed by atoms with Crippen LogP contribution < -0.4 is 25.0 Å². The number of anilines is 2. The molecule has 3 heterocycles. The van der Waals surface area contributed by atoms with Gasteiger partial charge >= 0.3 is 12.4 Å². The standard InChI is InChI=1S/C24H24F3N5O3/c1-16-21(34-19-4-6-20(7-5-19)35-24(25,26)27)8-12-29-22(16)32-13-9-17(10-14-32)30-23(33)31-18-3-2-11-28-15-18/h2-8,11-12,15,17H,9-10,13-14H2,1H3,(H2,30,31,33). The zero-order valence-electron chi connectivity index (χ0n) is 18.9. The van der Waals surface area contributed by atoms with Gasteiger partial charge in [-0.15, -0.1) is 13.2 Å². The van der Waals surface area contributed by atoms with Gasteiger partial charge in [-0.05, 0) is 62.2 Å². The Hall–Kier alpha value is -4.02. The summed E-state index contributed by atoms with van der Waals surface area (Å²) in [6, 6.07) is 10.2. The molecule has 2 amide bonds. The molecule has 1 fully saturated rings. The van der Waals surface area contributed by atoms with E-state index < -0.39 is 6.36 Å². The number of amides is 2. The SMILES string of the molecule is Cc1c(Oc2ccc(OC(F)(F)F)cc2)ccnc1N1CCC(NC(=O)Nc2cccnc2)CC1. The van der Waals surface area contributed by atoms with Gasteiger partial charge in [0.1, 0.15) is 23.1 Å². The number of ether oxygens (including phenoxy) is 2. The van der Waals surface area contributed by atoms with Gasteiger partial charge in [-0.1, -0.05) is 0 Å². The Kier molecular flexibility index (Phi) is 7.23. The van der Waals surface area contributed by atoms with E-state index in [2.05, 4.69) is 30.2 Å². The molecule has 1 aliphatic heterocycles. The molecule has 11 heteroatoms. The highest BCUT2D eigenvalue weighted by Gasteiger charge is 2.31. The molecule has 184 valence electrons. The van der Waals surface area contributed by atoms with Crippen LogP contribution in [0.25, 0.3) is 0 Å². The van der Waals surface area contributed by atoms with E-state index in [9.17, 15) is 18.0 Å². The van der Waals surface area contributed by atoms with E-state index in [1.165, 1.54) is 24.3 Å². The van der Waals surface area contributed by atoms with Gasteiger partial charge in [0.15, 0.2) is 0 Å². The van der Waals surface area contributed by atoms with E-state index in [4.69, 9.17) is 4.74 Å². The number of urea groups is 1. The van der Waals surface area contributed by atoms with Gasteiger partial charge in [-0.25, -0.2) is 9.78 Å². The van der Waals surface area contributed by atoms with Crippen molar-refractivity contribution >= 4 is 17.5 Å². The van der Waals surface area contributed by atoms with E-state index in [0.717, 1.165) is 24.2 Å². The van der Waals surface area contributed by atoms with Gasteiger partial charge in [-0.3, -0.25) is 4.98 Å². The Bertz CT molecular complexity index is 1140. The molecule has 0 saturated carbocycles. The molecule has 0 radical (unpaired) electrons. The fourth-order valence-corrected chi connectivity index (χ4v) is 3.80. The average Bonchev–Trinajstić information content (AvgIpc) is 2.82. The largest absolute Gasteiger partial charge is 0.573 e. The van der Waals surface area contributed by atoms with Crippen LogP contribution in [-0.4, -0.2) is 41.5 Å². The quantitative estimate of drug-likeness (QED) is 0.493. The lowest BCUT2D eigenvalue weighted by Crippen LogP contribution is -2.46. The van der Waals surface area contributed by atoms with Crippen LogP contribution in [0, 0.1) is 6.92 Å². The molecule has 2 aromatic heterocycles. The van der Waals surface area contributed by atoms with Crippen LogP contribution in [0.1, 0.15) is 18.4 Å². The maximum atomic E-state index is 12.3. The minimum absolute atomic E-state index is 0.0279. The Balaban J connectivity index is 1.33. The second-order valence-electron chi connectivity index (χ2n) is 7.98. The van der Waals surface area contributed by atoms with Crippen LogP contribution in [0.15, 0.2) is 61.1 Å². The van der Waals surface area contributed by atoms with Gasteiger partial charge in [-0.2, -0.15) is 0 Å². The summed E-state index contributed by atoms with van der Waals surface area (Å²) in [5.41, 5.74) is 1.44. The van der Waals surface area contributed by atoms with E-state index in [1.807, 2.05) is 6.92 Å². The van der Waals surface area contributed by atoms with Crippen molar-refractivity contribution in [2.24, 2.45) is 0 Å². The fourth-order valence-electron chi connectivity index (χ4n) is 3.80. The molecule has 8 nitrogen and oxygen atoms in total. The molecule has 35 heavy (non-hydrogen) atoms. The smallest absolute Gasteiger partial charge is 0.457 e. The van der Waals surface area contributed by atoms with Crippen molar-refractivity contribution in [2.75, 3.05) is 23.3 Å². The van der Waals surface area contributed by atoms with Crippen LogP contribution in [0.4, 0.5) is 29.5 Å². The minimum atomic E-state index is -4.74. The van der Waals surface area contributed by atoms with Gasteiger partial charge in [0.2, 0.25) is 0 Å².